The van der Waals surface area contributed by atoms with Crippen LogP contribution in [0.2, 0.25) is 0 Å². The molecule has 3 aromatic rings. The van der Waals surface area contributed by atoms with Crippen LogP contribution < -0.4 is 15.5 Å². The molecule has 2 aromatic heterocycles. The highest BCUT2D eigenvalue weighted by atomic mass is 32.1. The Morgan fingerprint density at radius 3 is 2.57 bits per heavy atom. The Balaban J connectivity index is 1.10. The zero-order valence-electron chi connectivity index (χ0n) is 26.7. The van der Waals surface area contributed by atoms with Crippen LogP contribution in [0, 0.1) is 6.92 Å². The molecule has 1 aliphatic heterocycles. The van der Waals surface area contributed by atoms with Crippen molar-refractivity contribution in [3.05, 3.63) is 82.9 Å². The smallest absolute Gasteiger partial charge is 0.252 e. The van der Waals surface area contributed by atoms with E-state index in [1.165, 1.54) is 17.4 Å². The van der Waals surface area contributed by atoms with Crippen molar-refractivity contribution in [3.8, 4) is 11.3 Å². The number of likely N-dealkylation sites (N-methyl/N-ethyl adjacent to an activating group) is 1. The maximum Gasteiger partial charge on any atom is 0.252 e. The van der Waals surface area contributed by atoms with Gasteiger partial charge in [-0.2, -0.15) is 0 Å². The van der Waals surface area contributed by atoms with Crippen molar-refractivity contribution in [2.45, 2.75) is 19.8 Å². The molecule has 1 aliphatic rings. The quantitative estimate of drug-likeness (QED) is 0.192. The van der Waals surface area contributed by atoms with E-state index in [1.54, 1.807) is 28.1 Å². The monoisotopic (exact) mass is 646 g/mol. The van der Waals surface area contributed by atoms with E-state index >= 15 is 0 Å². The van der Waals surface area contributed by atoms with Gasteiger partial charge < -0.3 is 30.1 Å². The number of amides is 4. The highest BCUT2D eigenvalue weighted by molar-refractivity contribution is 7.16. The van der Waals surface area contributed by atoms with Gasteiger partial charge in [0.2, 0.25) is 17.7 Å². The first-order valence-corrected chi connectivity index (χ1v) is 16.2. The lowest BCUT2D eigenvalue weighted by Gasteiger charge is -2.33. The number of nitrogens with zero attached hydrogens (tertiary/aromatic N) is 4. The fraction of sp³-hybridized carbons (Fsp3) is 0.382. The van der Waals surface area contributed by atoms with E-state index in [1.807, 2.05) is 68.4 Å². The maximum atomic E-state index is 12.8. The van der Waals surface area contributed by atoms with Crippen LogP contribution >= 0.6 is 11.3 Å². The van der Waals surface area contributed by atoms with Gasteiger partial charge in [-0.1, -0.05) is 30.3 Å². The maximum absolute atomic E-state index is 12.8. The minimum Gasteiger partial charge on any atom is -0.378 e. The average molecular weight is 647 g/mol. The molecule has 4 amide bonds. The van der Waals surface area contributed by atoms with Crippen LogP contribution in [-0.2, 0) is 25.5 Å². The summed E-state index contributed by atoms with van der Waals surface area (Å²) in [7, 11) is 3.85. The van der Waals surface area contributed by atoms with Gasteiger partial charge >= 0.3 is 0 Å². The number of hydrogen-bond acceptors (Lipinski definition) is 8. The molecule has 4 rings (SSSR count). The summed E-state index contributed by atoms with van der Waals surface area (Å²) in [5.41, 5.74) is 3.11. The van der Waals surface area contributed by atoms with Gasteiger partial charge in [0, 0.05) is 67.4 Å². The lowest BCUT2D eigenvalue weighted by molar-refractivity contribution is -0.133. The lowest BCUT2D eigenvalue weighted by atomic mass is 10.0. The van der Waals surface area contributed by atoms with Crippen LogP contribution in [0.25, 0.3) is 11.3 Å². The third-order valence-electron chi connectivity index (χ3n) is 7.31. The largest absolute Gasteiger partial charge is 0.378 e. The number of carbonyl (C=O) groups excluding carboxylic acids is 4. The van der Waals surface area contributed by atoms with Gasteiger partial charge in [0.1, 0.15) is 6.54 Å². The summed E-state index contributed by atoms with van der Waals surface area (Å²) in [6, 6.07) is 15.1. The summed E-state index contributed by atoms with van der Waals surface area (Å²) >= 11 is 1.49. The van der Waals surface area contributed by atoms with E-state index < -0.39 is 0 Å². The van der Waals surface area contributed by atoms with Gasteiger partial charge in [0.15, 0.2) is 0 Å². The molecule has 12 heteroatoms. The highest BCUT2D eigenvalue weighted by Gasteiger charge is 2.28. The van der Waals surface area contributed by atoms with Crippen LogP contribution in [0.15, 0.2) is 66.9 Å². The second kappa shape index (κ2) is 17.3. The molecule has 0 bridgehead atoms. The Kier molecular flexibility index (Phi) is 13.0. The summed E-state index contributed by atoms with van der Waals surface area (Å²) in [5.74, 6) is -0.548. The molecule has 244 valence electrons. The standard InChI is InChI=1S/C34H42N6O5S/c1-25-8-6-16-36-33(25)27-9-4-5-10-28(27)34(44)37-18-23-45-22-17-35-29(41)14-12-26-13-15-32(46-26)40-21-20-39(24-31(40)43)30(42)11-7-19-38(2)3/h4-11,13,15-16H,12,14,17-24H2,1-3H3,(H,35,41)(H,37,44). The number of anilines is 1. The SMILES string of the molecule is Cc1cccnc1-c1ccccc1C(=O)NCCOCCNC(=O)CCc1ccc(N2CCN(C(=O)C=CCN(C)C)CC2=O)s1. The van der Waals surface area contributed by atoms with Gasteiger partial charge in [-0.15, -0.1) is 11.3 Å². The molecule has 2 N–H and O–H groups in total. The number of nitrogens with one attached hydrogen (secondary N) is 2. The Labute approximate surface area is 274 Å². The van der Waals surface area contributed by atoms with Gasteiger partial charge in [-0.3, -0.25) is 24.2 Å². The number of thiophene rings is 1. The van der Waals surface area contributed by atoms with Gasteiger partial charge in [-0.05, 0) is 57.3 Å². The van der Waals surface area contributed by atoms with Crippen molar-refractivity contribution in [2.24, 2.45) is 0 Å². The van der Waals surface area contributed by atoms with Crippen molar-refractivity contribution in [1.29, 1.82) is 0 Å². The number of aryl methyl sites for hydroxylation is 2. The number of carbonyl (C=O) groups is 4. The molecule has 11 nitrogen and oxygen atoms in total. The second-order valence-electron chi connectivity index (χ2n) is 11.1. The average Bonchev–Trinajstić information content (AvgIpc) is 3.52. The Morgan fingerprint density at radius 1 is 1.02 bits per heavy atom. The first-order chi connectivity index (χ1) is 22.2. The molecule has 0 atom stereocenters. The summed E-state index contributed by atoms with van der Waals surface area (Å²) in [5, 5.41) is 6.57. The first kappa shape index (κ1) is 34.5. The van der Waals surface area contributed by atoms with Crippen LogP contribution in [0.3, 0.4) is 0 Å². The van der Waals surface area contributed by atoms with Crippen molar-refractivity contribution in [2.75, 3.05) is 71.5 Å². The highest BCUT2D eigenvalue weighted by Crippen LogP contribution is 2.28. The number of rotatable bonds is 15. The predicted molar refractivity (Wildman–Crippen MR) is 180 cm³/mol. The molecule has 3 heterocycles. The molecule has 0 unspecified atom stereocenters. The van der Waals surface area contributed by atoms with Gasteiger partial charge in [0.05, 0.1) is 23.9 Å². The number of hydrogen-bond donors (Lipinski definition) is 2. The summed E-state index contributed by atoms with van der Waals surface area (Å²) in [6.45, 7) is 4.94. The molecule has 0 saturated carbocycles. The summed E-state index contributed by atoms with van der Waals surface area (Å²) < 4.78 is 5.59. The van der Waals surface area contributed by atoms with E-state index in [2.05, 4.69) is 15.6 Å². The molecule has 0 spiro atoms. The number of piperazine rings is 1. The zero-order chi connectivity index (χ0) is 32.9. The molecule has 1 aromatic carbocycles. The molecular weight excluding hydrogens is 604 g/mol. The van der Waals surface area contributed by atoms with E-state index in [-0.39, 0.29) is 30.2 Å². The van der Waals surface area contributed by atoms with Crippen LogP contribution in [-0.4, -0.2) is 105 Å². The van der Waals surface area contributed by atoms with Gasteiger partial charge in [0.25, 0.3) is 5.91 Å². The minimum atomic E-state index is -0.195. The normalized spacial score (nSPS) is 13.4. The topological polar surface area (TPSA) is 124 Å². The summed E-state index contributed by atoms with van der Waals surface area (Å²) in [4.78, 5) is 61.0. The first-order valence-electron chi connectivity index (χ1n) is 15.4. The van der Waals surface area contributed by atoms with Crippen molar-refractivity contribution < 1.29 is 23.9 Å². The van der Waals surface area contributed by atoms with E-state index in [0.717, 1.165) is 26.7 Å². The van der Waals surface area contributed by atoms with Crippen LogP contribution in [0.5, 0.6) is 0 Å². The van der Waals surface area contributed by atoms with E-state index in [0.29, 0.717) is 64.3 Å². The molecule has 1 fully saturated rings. The molecular formula is C34H42N6O5S. The molecule has 46 heavy (non-hydrogen) atoms. The third-order valence-corrected chi connectivity index (χ3v) is 8.48. The number of ether oxygens (including phenoxy) is 1. The molecule has 0 radical (unpaired) electrons. The van der Waals surface area contributed by atoms with Crippen molar-refractivity contribution in [3.63, 3.8) is 0 Å². The third kappa shape index (κ3) is 10.1. The molecule has 1 saturated heterocycles. The lowest BCUT2D eigenvalue weighted by Crippen LogP contribution is -2.51. The number of pyridine rings is 1. The number of aromatic nitrogens is 1. The number of benzene rings is 1. The molecule has 0 aliphatic carbocycles. The fourth-order valence-corrected chi connectivity index (χ4v) is 5.94. The zero-order valence-corrected chi connectivity index (χ0v) is 27.5. The van der Waals surface area contributed by atoms with Crippen LogP contribution in [0.4, 0.5) is 5.00 Å². The summed E-state index contributed by atoms with van der Waals surface area (Å²) in [6.07, 6.45) is 5.92. The van der Waals surface area contributed by atoms with Crippen LogP contribution in [0.1, 0.15) is 27.2 Å². The van der Waals surface area contributed by atoms with Crippen molar-refractivity contribution in [1.82, 2.24) is 25.4 Å². The van der Waals surface area contributed by atoms with E-state index in [4.69, 9.17) is 4.74 Å². The fourth-order valence-electron chi connectivity index (χ4n) is 4.89. The van der Waals surface area contributed by atoms with Crippen molar-refractivity contribution >= 4 is 40.0 Å². The minimum absolute atomic E-state index is 0.0505. The van der Waals surface area contributed by atoms with Gasteiger partial charge in [-0.25, -0.2) is 0 Å². The Hall–Kier alpha value is -4.39. The van der Waals surface area contributed by atoms with E-state index in [9.17, 15) is 19.2 Å². The second-order valence-corrected chi connectivity index (χ2v) is 12.3. The Bertz CT molecular complexity index is 1540. The Morgan fingerprint density at radius 2 is 1.80 bits per heavy atom. The predicted octanol–water partition coefficient (Wildman–Crippen LogP) is 2.91.